The molecule has 0 spiro atoms. The van der Waals surface area contributed by atoms with Crippen molar-refractivity contribution in [2.24, 2.45) is 0 Å². The maximum atomic E-state index is 13.0. The SMILES string of the molecule is O=C(CSc1cccc(NC(=O)c2ccc3ccccc3c2)c1)c1ccc2c(c1)Cc1ccccc1-2. The van der Waals surface area contributed by atoms with Gasteiger partial charge in [0.1, 0.15) is 0 Å². The summed E-state index contributed by atoms with van der Waals surface area (Å²) in [5.74, 6) is 0.288. The largest absolute Gasteiger partial charge is 0.322 e. The zero-order valence-electron chi connectivity index (χ0n) is 19.5. The summed E-state index contributed by atoms with van der Waals surface area (Å²) in [5, 5.41) is 5.12. The van der Waals surface area contributed by atoms with Gasteiger partial charge < -0.3 is 5.32 Å². The van der Waals surface area contributed by atoms with E-state index in [0.717, 1.165) is 27.7 Å². The molecule has 0 unspecified atom stereocenters. The van der Waals surface area contributed by atoms with Crippen molar-refractivity contribution in [3.05, 3.63) is 131 Å². The average molecular weight is 486 g/mol. The molecule has 0 bridgehead atoms. The van der Waals surface area contributed by atoms with E-state index >= 15 is 0 Å². The van der Waals surface area contributed by atoms with Gasteiger partial charge in [-0.15, -0.1) is 11.8 Å². The van der Waals surface area contributed by atoms with Crippen LogP contribution >= 0.6 is 11.8 Å². The first-order chi connectivity index (χ1) is 17.6. The lowest BCUT2D eigenvalue weighted by Crippen LogP contribution is -2.11. The molecule has 0 atom stereocenters. The summed E-state index contributed by atoms with van der Waals surface area (Å²) < 4.78 is 0. The number of hydrogen-bond donors (Lipinski definition) is 1. The Morgan fingerprint density at radius 2 is 1.44 bits per heavy atom. The van der Waals surface area contributed by atoms with Gasteiger partial charge in [0.15, 0.2) is 5.78 Å². The molecule has 0 radical (unpaired) electrons. The van der Waals surface area contributed by atoms with Crippen LogP contribution in [0.2, 0.25) is 0 Å². The minimum absolute atomic E-state index is 0.101. The Kier molecular flexibility index (Phi) is 5.88. The maximum Gasteiger partial charge on any atom is 0.255 e. The highest BCUT2D eigenvalue weighted by atomic mass is 32.2. The van der Waals surface area contributed by atoms with E-state index in [4.69, 9.17) is 0 Å². The molecular weight excluding hydrogens is 462 g/mol. The van der Waals surface area contributed by atoms with Gasteiger partial charge in [0.25, 0.3) is 5.91 Å². The zero-order valence-corrected chi connectivity index (χ0v) is 20.3. The number of fused-ring (bicyclic) bond motifs is 4. The molecule has 6 rings (SSSR count). The Morgan fingerprint density at radius 1 is 0.667 bits per heavy atom. The molecule has 1 aliphatic carbocycles. The normalized spacial score (nSPS) is 11.7. The number of nitrogens with one attached hydrogen (secondary N) is 1. The molecule has 36 heavy (non-hydrogen) atoms. The van der Waals surface area contributed by atoms with Crippen molar-refractivity contribution in [3.8, 4) is 11.1 Å². The minimum Gasteiger partial charge on any atom is -0.322 e. The molecule has 174 valence electrons. The van der Waals surface area contributed by atoms with Crippen molar-refractivity contribution >= 4 is 39.9 Å². The third-order valence-corrected chi connectivity index (χ3v) is 7.58. The van der Waals surface area contributed by atoms with Gasteiger partial charge in [-0.3, -0.25) is 9.59 Å². The van der Waals surface area contributed by atoms with Gasteiger partial charge in [-0.05, 0) is 75.8 Å². The fourth-order valence-corrected chi connectivity index (χ4v) is 5.60. The predicted molar refractivity (Wildman–Crippen MR) is 148 cm³/mol. The summed E-state index contributed by atoms with van der Waals surface area (Å²) in [7, 11) is 0. The van der Waals surface area contributed by atoms with Crippen molar-refractivity contribution < 1.29 is 9.59 Å². The quantitative estimate of drug-likeness (QED) is 0.195. The molecule has 0 fully saturated rings. The molecule has 1 N–H and O–H groups in total. The van der Waals surface area contributed by atoms with Gasteiger partial charge in [-0.25, -0.2) is 0 Å². The Hall–Kier alpha value is -4.15. The number of anilines is 1. The first kappa shape index (κ1) is 22.3. The average Bonchev–Trinajstić information content (AvgIpc) is 3.29. The standard InChI is InChI=1S/C32H23NO2S/c34-31(24-14-15-30-26(18-24)17-23-8-3-4-11-29(23)30)20-36-28-10-5-9-27(19-28)33-32(35)25-13-12-21-6-1-2-7-22(21)16-25/h1-16,18-19H,17,20H2,(H,33,35). The number of amides is 1. The molecule has 1 amide bonds. The molecule has 1 aliphatic rings. The van der Waals surface area contributed by atoms with Crippen LogP contribution in [0.15, 0.2) is 114 Å². The maximum absolute atomic E-state index is 13.0. The van der Waals surface area contributed by atoms with E-state index in [0.29, 0.717) is 17.0 Å². The van der Waals surface area contributed by atoms with Crippen LogP contribution in [0.5, 0.6) is 0 Å². The number of ketones is 1. The molecule has 0 aliphatic heterocycles. The Labute approximate surface area is 214 Å². The second-order valence-corrected chi connectivity index (χ2v) is 10.0. The van der Waals surface area contributed by atoms with Gasteiger partial charge in [0.05, 0.1) is 5.75 Å². The molecule has 0 aromatic heterocycles. The third kappa shape index (κ3) is 4.43. The number of benzene rings is 5. The van der Waals surface area contributed by atoms with E-state index in [1.807, 2.05) is 78.9 Å². The van der Waals surface area contributed by atoms with Gasteiger partial charge in [0.2, 0.25) is 0 Å². The van der Waals surface area contributed by atoms with Crippen LogP contribution in [-0.2, 0) is 6.42 Å². The Morgan fingerprint density at radius 3 is 2.36 bits per heavy atom. The number of carbonyl (C=O) groups excluding carboxylic acids is 2. The van der Waals surface area contributed by atoms with E-state index in [9.17, 15) is 9.59 Å². The number of Topliss-reactive ketones (excluding diaryl/α,β-unsaturated/α-hetero) is 1. The summed E-state index contributed by atoms with van der Waals surface area (Å²) in [5.41, 5.74) is 7.09. The molecule has 0 saturated carbocycles. The van der Waals surface area contributed by atoms with Crippen molar-refractivity contribution in [2.45, 2.75) is 11.3 Å². The number of carbonyl (C=O) groups is 2. The summed E-state index contributed by atoms with van der Waals surface area (Å²) >= 11 is 1.48. The number of rotatable bonds is 6. The summed E-state index contributed by atoms with van der Waals surface area (Å²) in [6.45, 7) is 0. The fraction of sp³-hybridized carbons (Fsp3) is 0.0625. The first-order valence-corrected chi connectivity index (χ1v) is 12.9. The lowest BCUT2D eigenvalue weighted by Gasteiger charge is -2.09. The lowest BCUT2D eigenvalue weighted by atomic mass is 10.0. The van der Waals surface area contributed by atoms with E-state index < -0.39 is 0 Å². The van der Waals surface area contributed by atoms with Crippen molar-refractivity contribution in [1.82, 2.24) is 0 Å². The van der Waals surface area contributed by atoms with Crippen molar-refractivity contribution in [2.75, 3.05) is 11.1 Å². The molecule has 4 heteroatoms. The van der Waals surface area contributed by atoms with E-state index in [2.05, 4.69) is 35.6 Å². The molecule has 0 heterocycles. The summed E-state index contributed by atoms with van der Waals surface area (Å²) in [6.07, 6.45) is 0.874. The second kappa shape index (κ2) is 9.48. The Bertz CT molecular complexity index is 1640. The smallest absolute Gasteiger partial charge is 0.255 e. The van der Waals surface area contributed by atoms with Crippen LogP contribution in [0.1, 0.15) is 31.8 Å². The van der Waals surface area contributed by atoms with Crippen LogP contribution in [0, 0.1) is 0 Å². The number of hydrogen-bond acceptors (Lipinski definition) is 3. The van der Waals surface area contributed by atoms with Crippen molar-refractivity contribution in [1.29, 1.82) is 0 Å². The topological polar surface area (TPSA) is 46.2 Å². The van der Waals surface area contributed by atoms with Crippen molar-refractivity contribution in [3.63, 3.8) is 0 Å². The fourth-order valence-electron chi connectivity index (χ4n) is 4.75. The van der Waals surface area contributed by atoms with Crippen LogP contribution < -0.4 is 5.32 Å². The van der Waals surface area contributed by atoms with E-state index in [1.165, 1.54) is 34.0 Å². The minimum atomic E-state index is -0.155. The second-order valence-electron chi connectivity index (χ2n) is 8.96. The highest BCUT2D eigenvalue weighted by molar-refractivity contribution is 8.00. The monoisotopic (exact) mass is 485 g/mol. The van der Waals surface area contributed by atoms with Crippen LogP contribution in [0.25, 0.3) is 21.9 Å². The highest BCUT2D eigenvalue weighted by Crippen LogP contribution is 2.37. The van der Waals surface area contributed by atoms with Gasteiger partial charge in [0, 0.05) is 21.7 Å². The predicted octanol–water partition coefficient (Wildman–Crippen LogP) is 7.64. The van der Waals surface area contributed by atoms with E-state index in [1.54, 1.807) is 0 Å². The highest BCUT2D eigenvalue weighted by Gasteiger charge is 2.19. The lowest BCUT2D eigenvalue weighted by molar-refractivity contribution is 0.101. The van der Waals surface area contributed by atoms with Crippen LogP contribution in [0.3, 0.4) is 0 Å². The van der Waals surface area contributed by atoms with Crippen LogP contribution in [0.4, 0.5) is 5.69 Å². The van der Waals surface area contributed by atoms with Gasteiger partial charge in [-0.1, -0.05) is 72.8 Å². The third-order valence-electron chi connectivity index (χ3n) is 6.59. The number of thioether (sulfide) groups is 1. The summed E-state index contributed by atoms with van der Waals surface area (Å²) in [4.78, 5) is 26.7. The van der Waals surface area contributed by atoms with Gasteiger partial charge >= 0.3 is 0 Å². The molecule has 3 nitrogen and oxygen atoms in total. The Balaban J connectivity index is 1.11. The molecule has 5 aromatic carbocycles. The zero-order chi connectivity index (χ0) is 24.5. The summed E-state index contributed by atoms with van der Waals surface area (Å²) in [6, 6.07) is 35.8. The molecular formula is C32H23NO2S. The van der Waals surface area contributed by atoms with Crippen LogP contribution in [-0.4, -0.2) is 17.4 Å². The molecule has 0 saturated heterocycles. The van der Waals surface area contributed by atoms with E-state index in [-0.39, 0.29) is 11.7 Å². The van der Waals surface area contributed by atoms with Gasteiger partial charge in [-0.2, -0.15) is 0 Å². The molecule has 5 aromatic rings. The first-order valence-electron chi connectivity index (χ1n) is 11.9.